The molecule has 1 aliphatic rings. The number of Topliss-reactive ketones (excluding diaryl/α,β-unsaturated/α-hetero) is 1. The molecular formula is C21H28ClN7O3. The molecule has 32 heavy (non-hydrogen) atoms. The number of anilines is 3. The number of amides is 1. The van der Waals surface area contributed by atoms with Crippen LogP contribution in [0.1, 0.15) is 49.7 Å². The van der Waals surface area contributed by atoms with E-state index in [1.165, 1.54) is 0 Å². The van der Waals surface area contributed by atoms with Crippen LogP contribution in [0.3, 0.4) is 0 Å². The molecule has 1 fully saturated rings. The fourth-order valence-electron chi connectivity index (χ4n) is 3.56. The third kappa shape index (κ3) is 5.97. The highest BCUT2D eigenvalue weighted by Gasteiger charge is 2.26. The molecule has 0 unspecified atom stereocenters. The summed E-state index contributed by atoms with van der Waals surface area (Å²) in [5.74, 6) is -0.437. The molecule has 1 saturated heterocycles. The first-order chi connectivity index (χ1) is 15.0. The minimum Gasteiger partial charge on any atom is -0.444 e. The van der Waals surface area contributed by atoms with Crippen molar-refractivity contribution < 1.29 is 14.3 Å². The number of aromatic nitrogens is 3. The number of nitrogen functional groups attached to an aromatic ring is 2. The van der Waals surface area contributed by atoms with Gasteiger partial charge >= 0.3 is 6.09 Å². The van der Waals surface area contributed by atoms with E-state index in [0.29, 0.717) is 12.1 Å². The Hall–Kier alpha value is -3.14. The Labute approximate surface area is 191 Å². The average molecular weight is 462 g/mol. The molecule has 0 aromatic carbocycles. The van der Waals surface area contributed by atoms with E-state index in [1.807, 2.05) is 26.8 Å². The maximum atomic E-state index is 12.9. The summed E-state index contributed by atoms with van der Waals surface area (Å²) in [5, 5.41) is 2.87. The number of hydrogen-bond donors (Lipinski definition) is 3. The molecule has 0 saturated carbocycles. The number of hydrogen-bond acceptors (Lipinski definition) is 9. The molecular weight excluding hydrogens is 434 g/mol. The van der Waals surface area contributed by atoms with Gasteiger partial charge < -0.3 is 26.4 Å². The summed E-state index contributed by atoms with van der Waals surface area (Å²) in [5.41, 5.74) is 12.4. The second-order valence-corrected chi connectivity index (χ2v) is 9.03. The van der Waals surface area contributed by atoms with Gasteiger partial charge in [-0.15, -0.1) is 0 Å². The number of ketones is 1. The predicted molar refractivity (Wildman–Crippen MR) is 123 cm³/mol. The van der Waals surface area contributed by atoms with E-state index in [2.05, 4.69) is 25.2 Å². The van der Waals surface area contributed by atoms with Crippen molar-refractivity contribution in [1.82, 2.24) is 20.3 Å². The molecule has 1 aliphatic heterocycles. The second-order valence-electron chi connectivity index (χ2n) is 8.67. The molecule has 3 heterocycles. The van der Waals surface area contributed by atoms with Crippen LogP contribution in [0.4, 0.5) is 22.1 Å². The maximum absolute atomic E-state index is 12.9. The first-order valence-electron chi connectivity index (χ1n) is 10.3. The highest BCUT2D eigenvalue weighted by atomic mass is 35.5. The van der Waals surface area contributed by atoms with Crippen LogP contribution in [0.5, 0.6) is 0 Å². The van der Waals surface area contributed by atoms with Crippen LogP contribution in [-0.2, 0) is 11.2 Å². The number of ether oxygens (including phenoxy) is 1. The highest BCUT2D eigenvalue weighted by molar-refractivity contribution is 6.31. The van der Waals surface area contributed by atoms with Crippen LogP contribution in [0.25, 0.3) is 0 Å². The van der Waals surface area contributed by atoms with Crippen molar-refractivity contribution in [3.05, 3.63) is 34.9 Å². The second kappa shape index (κ2) is 9.56. The largest absolute Gasteiger partial charge is 0.444 e. The zero-order chi connectivity index (χ0) is 23.5. The summed E-state index contributed by atoms with van der Waals surface area (Å²) in [6.45, 7) is 6.84. The Bertz CT molecular complexity index is 1010. The van der Waals surface area contributed by atoms with Crippen molar-refractivity contribution in [3.63, 3.8) is 0 Å². The lowest BCUT2D eigenvalue weighted by Crippen LogP contribution is -2.49. The van der Waals surface area contributed by atoms with Crippen LogP contribution in [0, 0.1) is 0 Å². The Kier molecular flexibility index (Phi) is 7.02. The summed E-state index contributed by atoms with van der Waals surface area (Å²) in [7, 11) is 0. The molecule has 10 nitrogen and oxygen atoms in total. The van der Waals surface area contributed by atoms with E-state index in [-0.39, 0.29) is 40.7 Å². The fraction of sp³-hybridized carbons (Fsp3) is 0.476. The van der Waals surface area contributed by atoms with Gasteiger partial charge in [0.15, 0.2) is 28.3 Å². The number of rotatable bonds is 5. The van der Waals surface area contributed by atoms with Gasteiger partial charge in [0.25, 0.3) is 0 Å². The fourth-order valence-corrected chi connectivity index (χ4v) is 3.68. The van der Waals surface area contributed by atoms with E-state index < -0.39 is 11.7 Å². The minimum atomic E-state index is -0.563. The number of nitrogens with one attached hydrogen (secondary N) is 1. The topological polar surface area (TPSA) is 149 Å². The van der Waals surface area contributed by atoms with Gasteiger partial charge in [0.2, 0.25) is 0 Å². The van der Waals surface area contributed by atoms with Gasteiger partial charge in [0.05, 0.1) is 0 Å². The summed E-state index contributed by atoms with van der Waals surface area (Å²) in [6.07, 6.45) is 4.60. The zero-order valence-electron chi connectivity index (χ0n) is 18.4. The third-order valence-electron chi connectivity index (χ3n) is 4.88. The monoisotopic (exact) mass is 461 g/mol. The number of nitrogens with two attached hydrogens (primary N) is 2. The first-order valence-corrected chi connectivity index (χ1v) is 10.7. The smallest absolute Gasteiger partial charge is 0.407 e. The number of nitrogens with zero attached hydrogens (tertiary/aromatic N) is 4. The summed E-state index contributed by atoms with van der Waals surface area (Å²) < 4.78 is 5.37. The molecule has 5 N–H and O–H groups in total. The van der Waals surface area contributed by atoms with Crippen LogP contribution >= 0.6 is 11.6 Å². The van der Waals surface area contributed by atoms with E-state index >= 15 is 0 Å². The maximum Gasteiger partial charge on any atom is 0.407 e. The van der Waals surface area contributed by atoms with Gasteiger partial charge in [-0.05, 0) is 39.7 Å². The van der Waals surface area contributed by atoms with Crippen molar-refractivity contribution in [2.45, 2.75) is 51.7 Å². The van der Waals surface area contributed by atoms with Crippen molar-refractivity contribution >= 4 is 40.8 Å². The Morgan fingerprint density at radius 1 is 1.28 bits per heavy atom. The quantitative estimate of drug-likeness (QED) is 0.571. The van der Waals surface area contributed by atoms with Crippen LogP contribution in [-0.4, -0.2) is 51.6 Å². The SMILES string of the molecule is CC(C)(C)OC(=O)N[C@H]1CCCN(c2ccncc2CC(=O)c2nc(Cl)c(N)nc2N)C1. The van der Waals surface area contributed by atoms with Gasteiger partial charge in [-0.25, -0.2) is 14.8 Å². The van der Waals surface area contributed by atoms with Crippen LogP contribution in [0.2, 0.25) is 5.15 Å². The molecule has 1 amide bonds. The van der Waals surface area contributed by atoms with Gasteiger partial charge in [0, 0.05) is 49.2 Å². The molecule has 2 aromatic rings. The molecule has 0 spiro atoms. The van der Waals surface area contributed by atoms with E-state index in [4.69, 9.17) is 27.8 Å². The van der Waals surface area contributed by atoms with Gasteiger partial charge in [0.1, 0.15) is 5.60 Å². The lowest BCUT2D eigenvalue weighted by molar-refractivity contribution is 0.0500. The Morgan fingerprint density at radius 2 is 2.03 bits per heavy atom. The van der Waals surface area contributed by atoms with Crippen molar-refractivity contribution in [1.29, 1.82) is 0 Å². The Balaban J connectivity index is 1.74. The molecule has 11 heteroatoms. The van der Waals surface area contributed by atoms with Crippen molar-refractivity contribution in [2.75, 3.05) is 29.5 Å². The summed E-state index contributed by atoms with van der Waals surface area (Å²) in [6, 6.07) is 1.77. The van der Waals surface area contributed by atoms with Crippen molar-refractivity contribution in [3.8, 4) is 0 Å². The van der Waals surface area contributed by atoms with Crippen molar-refractivity contribution in [2.24, 2.45) is 0 Å². The van der Waals surface area contributed by atoms with Crippen LogP contribution < -0.4 is 21.7 Å². The predicted octanol–water partition coefficient (Wildman–Crippen LogP) is 2.61. The molecule has 0 aliphatic carbocycles. The third-order valence-corrected chi connectivity index (χ3v) is 5.16. The normalized spacial score (nSPS) is 16.5. The molecule has 1 atom stereocenters. The van der Waals surface area contributed by atoms with E-state index in [9.17, 15) is 9.59 Å². The molecule has 3 rings (SSSR count). The number of halogens is 1. The summed E-state index contributed by atoms with van der Waals surface area (Å²) in [4.78, 5) is 39.2. The molecule has 2 aromatic heterocycles. The number of piperidine rings is 1. The first kappa shape index (κ1) is 23.5. The van der Waals surface area contributed by atoms with Crippen LogP contribution in [0.15, 0.2) is 18.5 Å². The standard InChI is InChI=1S/C21H28ClN7O3/c1-21(2,3)32-20(31)26-13-5-4-8-29(11-13)14-6-7-25-10-12(14)9-15(30)16-18(23)28-19(24)17(22)27-16/h6-7,10,13H,4-5,8-9,11H2,1-3H3,(H,26,31)(H4,23,24,28)/t13-/m0/s1. The van der Waals surface area contributed by atoms with E-state index in [1.54, 1.807) is 12.4 Å². The highest BCUT2D eigenvalue weighted by Crippen LogP contribution is 2.26. The number of carbonyl (C=O) groups is 2. The average Bonchev–Trinajstić information content (AvgIpc) is 2.69. The molecule has 172 valence electrons. The lowest BCUT2D eigenvalue weighted by Gasteiger charge is -2.36. The van der Waals surface area contributed by atoms with Gasteiger partial charge in [-0.1, -0.05) is 11.6 Å². The number of pyridine rings is 1. The summed E-state index contributed by atoms with van der Waals surface area (Å²) >= 11 is 5.91. The number of carbonyl (C=O) groups excluding carboxylic acids is 2. The van der Waals surface area contributed by atoms with E-state index in [0.717, 1.165) is 25.1 Å². The Morgan fingerprint density at radius 3 is 2.75 bits per heavy atom. The van der Waals surface area contributed by atoms with Gasteiger partial charge in [-0.3, -0.25) is 9.78 Å². The molecule has 0 bridgehead atoms. The molecule has 0 radical (unpaired) electrons. The van der Waals surface area contributed by atoms with Gasteiger partial charge in [-0.2, -0.15) is 0 Å². The number of alkyl carbamates (subject to hydrolysis) is 1. The minimum absolute atomic E-state index is 0.0168. The zero-order valence-corrected chi connectivity index (χ0v) is 19.1. The lowest BCUT2D eigenvalue weighted by atomic mass is 10.0.